The highest BCUT2D eigenvalue weighted by atomic mass is 19.1. The van der Waals surface area contributed by atoms with Crippen LogP contribution >= 0.6 is 0 Å². The number of fused-ring (bicyclic) bond motifs is 1. The van der Waals surface area contributed by atoms with Gasteiger partial charge in [-0.2, -0.15) is 0 Å². The molecule has 0 atom stereocenters. The smallest absolute Gasteiger partial charge is 0.329 e. The minimum absolute atomic E-state index is 0.0994. The minimum Gasteiger partial charge on any atom is -0.329 e. The number of hydrogen-bond donors (Lipinski definition) is 0. The first-order valence-corrected chi connectivity index (χ1v) is 6.60. The summed E-state index contributed by atoms with van der Waals surface area (Å²) in [5.41, 5.74) is -0.293. The standard InChI is InChI=1S/C16H9F2NO4/c17-12-6-3-7-13(18)11(12)8-14(20)23-19-15(21)9-4-1-2-5-10(9)16(19)22/h1-7H,8H2. The highest BCUT2D eigenvalue weighted by Gasteiger charge is 2.38. The molecule has 0 radical (unpaired) electrons. The number of nitrogens with zero attached hydrogens (tertiary/aromatic N) is 1. The third kappa shape index (κ3) is 2.57. The Morgan fingerprint density at radius 2 is 1.43 bits per heavy atom. The molecule has 0 unspecified atom stereocenters. The van der Waals surface area contributed by atoms with Gasteiger partial charge in [0.2, 0.25) is 0 Å². The van der Waals surface area contributed by atoms with Gasteiger partial charge in [0.15, 0.2) is 0 Å². The molecule has 1 aliphatic heterocycles. The molecule has 2 aromatic rings. The molecule has 0 bridgehead atoms. The van der Waals surface area contributed by atoms with Crippen molar-refractivity contribution in [3.8, 4) is 0 Å². The molecule has 0 N–H and O–H groups in total. The van der Waals surface area contributed by atoms with Crippen molar-refractivity contribution in [2.45, 2.75) is 6.42 Å². The monoisotopic (exact) mass is 317 g/mol. The maximum Gasteiger partial charge on any atom is 0.337 e. The number of carbonyl (C=O) groups excluding carboxylic acids is 3. The first-order valence-electron chi connectivity index (χ1n) is 6.60. The van der Waals surface area contributed by atoms with Gasteiger partial charge in [0.1, 0.15) is 11.6 Å². The lowest BCUT2D eigenvalue weighted by Gasteiger charge is -2.13. The third-order valence-electron chi connectivity index (χ3n) is 3.33. The van der Waals surface area contributed by atoms with Gasteiger partial charge in [-0.25, -0.2) is 13.6 Å². The molecule has 1 heterocycles. The minimum atomic E-state index is -1.12. The zero-order valence-corrected chi connectivity index (χ0v) is 11.6. The molecule has 0 spiro atoms. The molecule has 7 heteroatoms. The second-order valence-electron chi connectivity index (χ2n) is 4.79. The molecule has 0 saturated carbocycles. The lowest BCUT2D eigenvalue weighted by atomic mass is 10.1. The average molecular weight is 317 g/mol. The van der Waals surface area contributed by atoms with E-state index < -0.39 is 41.4 Å². The lowest BCUT2D eigenvalue weighted by Crippen LogP contribution is -2.33. The van der Waals surface area contributed by atoms with Crippen LogP contribution in [-0.2, 0) is 16.1 Å². The fraction of sp³-hybridized carbons (Fsp3) is 0.0625. The van der Waals surface area contributed by atoms with Crippen LogP contribution in [0.3, 0.4) is 0 Å². The maximum absolute atomic E-state index is 13.5. The van der Waals surface area contributed by atoms with E-state index in [2.05, 4.69) is 0 Å². The zero-order chi connectivity index (χ0) is 16.6. The molecular formula is C16H9F2NO4. The Kier molecular flexibility index (Phi) is 3.61. The Morgan fingerprint density at radius 1 is 0.913 bits per heavy atom. The summed E-state index contributed by atoms with van der Waals surface area (Å²) < 4.78 is 27.0. The zero-order valence-electron chi connectivity index (χ0n) is 11.6. The second kappa shape index (κ2) is 5.60. The van der Waals surface area contributed by atoms with Gasteiger partial charge in [-0.1, -0.05) is 23.3 Å². The lowest BCUT2D eigenvalue weighted by molar-refractivity contribution is -0.167. The topological polar surface area (TPSA) is 63.7 Å². The van der Waals surface area contributed by atoms with Gasteiger partial charge < -0.3 is 4.84 Å². The van der Waals surface area contributed by atoms with E-state index in [-0.39, 0.29) is 11.1 Å². The van der Waals surface area contributed by atoms with E-state index in [1.807, 2.05) is 0 Å². The third-order valence-corrected chi connectivity index (χ3v) is 3.33. The van der Waals surface area contributed by atoms with Crippen LogP contribution in [0.25, 0.3) is 0 Å². The van der Waals surface area contributed by atoms with Crippen molar-refractivity contribution in [3.05, 3.63) is 70.8 Å². The fourth-order valence-electron chi connectivity index (χ4n) is 2.23. The molecule has 2 aromatic carbocycles. The number of halogens is 2. The number of rotatable bonds is 3. The van der Waals surface area contributed by atoms with Crippen LogP contribution in [0.4, 0.5) is 8.78 Å². The van der Waals surface area contributed by atoms with Crippen molar-refractivity contribution < 1.29 is 28.0 Å². The number of carbonyl (C=O) groups is 3. The van der Waals surface area contributed by atoms with Crippen LogP contribution in [0.1, 0.15) is 26.3 Å². The summed E-state index contributed by atoms with van der Waals surface area (Å²) in [4.78, 5) is 40.5. The number of imide groups is 1. The van der Waals surface area contributed by atoms with Gasteiger partial charge in [0.05, 0.1) is 17.5 Å². The molecule has 23 heavy (non-hydrogen) atoms. The number of hydroxylamine groups is 2. The van der Waals surface area contributed by atoms with Gasteiger partial charge in [0.25, 0.3) is 11.8 Å². The van der Waals surface area contributed by atoms with Crippen LogP contribution in [0.15, 0.2) is 42.5 Å². The molecule has 0 saturated heterocycles. The Bertz CT molecular complexity index is 779. The van der Waals surface area contributed by atoms with Crippen molar-refractivity contribution in [2.75, 3.05) is 0 Å². The van der Waals surface area contributed by atoms with Crippen molar-refractivity contribution in [1.29, 1.82) is 0 Å². The van der Waals surface area contributed by atoms with Gasteiger partial charge in [-0.3, -0.25) is 9.59 Å². The summed E-state index contributed by atoms with van der Waals surface area (Å²) in [5.74, 6) is -4.54. The SMILES string of the molecule is O=C(Cc1c(F)cccc1F)ON1C(=O)c2ccccc2C1=O. The summed E-state index contributed by atoms with van der Waals surface area (Å²) in [6.45, 7) is 0. The Morgan fingerprint density at radius 3 is 1.96 bits per heavy atom. The molecule has 1 aliphatic rings. The van der Waals surface area contributed by atoms with E-state index in [0.29, 0.717) is 5.06 Å². The number of benzene rings is 2. The first-order chi connectivity index (χ1) is 11.0. The summed E-state index contributed by atoms with van der Waals surface area (Å²) >= 11 is 0. The molecule has 5 nitrogen and oxygen atoms in total. The van der Waals surface area contributed by atoms with Crippen molar-refractivity contribution in [2.24, 2.45) is 0 Å². The maximum atomic E-state index is 13.5. The first kappa shape index (κ1) is 14.8. The van der Waals surface area contributed by atoms with Crippen molar-refractivity contribution >= 4 is 17.8 Å². The van der Waals surface area contributed by atoms with Crippen LogP contribution in [0.5, 0.6) is 0 Å². The van der Waals surface area contributed by atoms with Gasteiger partial charge in [-0.05, 0) is 24.3 Å². The number of amides is 2. The van der Waals surface area contributed by atoms with Crippen molar-refractivity contribution in [1.82, 2.24) is 5.06 Å². The molecule has 116 valence electrons. The molecule has 3 rings (SSSR count). The van der Waals surface area contributed by atoms with E-state index >= 15 is 0 Å². The summed E-state index contributed by atoms with van der Waals surface area (Å²) in [5, 5.41) is 0.297. The largest absolute Gasteiger partial charge is 0.337 e. The predicted molar refractivity (Wildman–Crippen MR) is 73.1 cm³/mol. The van der Waals surface area contributed by atoms with Crippen molar-refractivity contribution in [3.63, 3.8) is 0 Å². The molecule has 0 aromatic heterocycles. The van der Waals surface area contributed by atoms with E-state index in [4.69, 9.17) is 4.84 Å². The second-order valence-corrected chi connectivity index (χ2v) is 4.79. The van der Waals surface area contributed by atoms with Crippen LogP contribution < -0.4 is 0 Å². The van der Waals surface area contributed by atoms with Crippen LogP contribution in [0.2, 0.25) is 0 Å². The Balaban J connectivity index is 1.77. The molecule has 2 amide bonds. The van der Waals surface area contributed by atoms with Crippen LogP contribution in [0, 0.1) is 11.6 Å². The highest BCUT2D eigenvalue weighted by molar-refractivity contribution is 6.20. The van der Waals surface area contributed by atoms with E-state index in [0.717, 1.165) is 18.2 Å². The Labute approximate surface area is 129 Å². The van der Waals surface area contributed by atoms with Gasteiger partial charge in [-0.15, -0.1) is 0 Å². The van der Waals surface area contributed by atoms with E-state index in [9.17, 15) is 23.2 Å². The summed E-state index contributed by atoms with van der Waals surface area (Å²) in [6.07, 6.45) is -0.744. The fourth-order valence-corrected chi connectivity index (χ4v) is 2.23. The number of hydrogen-bond acceptors (Lipinski definition) is 4. The van der Waals surface area contributed by atoms with E-state index in [1.165, 1.54) is 12.1 Å². The summed E-state index contributed by atoms with van der Waals surface area (Å²) in [6, 6.07) is 9.10. The highest BCUT2D eigenvalue weighted by Crippen LogP contribution is 2.23. The Hall–Kier alpha value is -3.09. The summed E-state index contributed by atoms with van der Waals surface area (Å²) in [7, 11) is 0. The predicted octanol–water partition coefficient (Wildman–Crippen LogP) is 2.26. The molecular weight excluding hydrogens is 308 g/mol. The van der Waals surface area contributed by atoms with Gasteiger partial charge in [0, 0.05) is 5.56 Å². The normalized spacial score (nSPS) is 13.2. The average Bonchev–Trinajstić information content (AvgIpc) is 2.77. The van der Waals surface area contributed by atoms with E-state index in [1.54, 1.807) is 12.1 Å². The van der Waals surface area contributed by atoms with Crippen LogP contribution in [-0.4, -0.2) is 22.8 Å². The molecule has 0 aliphatic carbocycles. The van der Waals surface area contributed by atoms with Gasteiger partial charge >= 0.3 is 5.97 Å². The molecule has 0 fully saturated rings. The quantitative estimate of drug-likeness (QED) is 0.815.